The first kappa shape index (κ1) is 56.5. The van der Waals surface area contributed by atoms with Crippen LogP contribution >= 0.6 is 0 Å². The maximum absolute atomic E-state index is 7.23. The van der Waals surface area contributed by atoms with E-state index < -0.39 is 0 Å². The molecule has 0 fully saturated rings. The minimum absolute atomic E-state index is 0.0114. The molecule has 5 aliphatic rings. The van der Waals surface area contributed by atoms with Gasteiger partial charge in [0.1, 0.15) is 27.9 Å². The molecule has 104 heavy (non-hydrogen) atoms. The highest BCUT2D eigenvalue weighted by molar-refractivity contribution is 7.01. The molecule has 0 bridgehead atoms. The van der Waals surface area contributed by atoms with Crippen molar-refractivity contribution in [1.82, 2.24) is 0 Å². The molecule has 7 nitrogen and oxygen atoms in total. The molecule has 0 saturated heterocycles. The van der Waals surface area contributed by atoms with Gasteiger partial charge in [-0.15, -0.1) is 0 Å². The number of rotatable bonds is 5. The topological polar surface area (TPSA) is 52.4 Å². The lowest BCUT2D eigenvalue weighted by Gasteiger charge is -2.44. The summed E-state index contributed by atoms with van der Waals surface area (Å²) >= 11 is 0. The van der Waals surface area contributed by atoms with E-state index in [-0.39, 0.29) is 18.8 Å². The van der Waals surface area contributed by atoms with Crippen LogP contribution in [0.25, 0.3) is 110 Å². The van der Waals surface area contributed by atoms with Crippen LogP contribution < -0.4 is 52.4 Å². The molecule has 7 heterocycles. The number of para-hydroxylation sites is 5. The highest BCUT2D eigenvalue weighted by atomic mass is 16.3. The Hall–Kier alpha value is -13.2. The number of nitrogens with zero attached hydrogens (tertiary/aromatic N) is 4. The Labute approximate surface area is 599 Å². The van der Waals surface area contributed by atoms with Gasteiger partial charge in [0.15, 0.2) is 5.58 Å². The molecule has 0 saturated carbocycles. The Bertz CT molecular complexity index is 7060. The summed E-state index contributed by atoms with van der Waals surface area (Å²) in [6.45, 7) is 4.70. The maximum atomic E-state index is 7.23. The molecule has 3 aromatic heterocycles. The number of fused-ring (bicyclic) bond motifs is 24. The average Bonchev–Trinajstić information content (AvgIpc) is 0.935. The molecule has 16 aromatic carbocycles. The van der Waals surface area contributed by atoms with Crippen LogP contribution in [0.5, 0.6) is 0 Å². The monoisotopic (exact) mass is 1320 g/mol. The second-order valence-corrected chi connectivity index (χ2v) is 29.3. The lowest BCUT2D eigenvalue weighted by molar-refractivity contribution is 0.660. The van der Waals surface area contributed by atoms with Crippen LogP contribution in [0.15, 0.2) is 329 Å². The second-order valence-electron chi connectivity index (χ2n) is 29.3. The minimum atomic E-state index is -0.150. The molecule has 0 atom stereocenters. The van der Waals surface area contributed by atoms with Gasteiger partial charge in [-0.3, -0.25) is 0 Å². The SMILES string of the molecule is CC1(C)c2ccccc2-c2ccc(N3c4ccccc4B4c5ccccc5N(c5ccc6oc7cc(-c8cc(N9c%10ccccc%10B%10c%11ccccc%11N(c%11ccc%12oc%13ccc%14ccccc%14c%13c%12c%11)c%11cccc9c%11%10)c9oc%10ccccc%10c9c8)c8ccccc8c7c6c5)c5cccc3c54)cc21. The molecule has 0 radical (unpaired) electrons. The lowest BCUT2D eigenvalue weighted by Crippen LogP contribution is -2.61. The van der Waals surface area contributed by atoms with Crippen molar-refractivity contribution in [2.45, 2.75) is 19.3 Å². The van der Waals surface area contributed by atoms with E-state index in [4.69, 9.17) is 13.3 Å². The van der Waals surface area contributed by atoms with Crippen molar-refractivity contribution in [3.63, 3.8) is 0 Å². The van der Waals surface area contributed by atoms with Gasteiger partial charge < -0.3 is 32.9 Å². The molecule has 4 aliphatic heterocycles. The van der Waals surface area contributed by atoms with Crippen molar-refractivity contribution in [3.05, 3.63) is 327 Å². The van der Waals surface area contributed by atoms with Gasteiger partial charge in [0.2, 0.25) is 0 Å². The zero-order valence-electron chi connectivity index (χ0n) is 56.7. The minimum Gasteiger partial charge on any atom is -0.456 e. The number of benzene rings is 16. The van der Waals surface area contributed by atoms with Crippen molar-refractivity contribution in [3.8, 4) is 22.3 Å². The molecule has 0 spiro atoms. The van der Waals surface area contributed by atoms with Crippen molar-refractivity contribution >= 4 is 202 Å². The van der Waals surface area contributed by atoms with Gasteiger partial charge in [0, 0.05) is 100 Å². The Kier molecular flexibility index (Phi) is 11.1. The van der Waals surface area contributed by atoms with Gasteiger partial charge >= 0.3 is 0 Å². The van der Waals surface area contributed by atoms with E-state index in [0.717, 1.165) is 139 Å². The first-order chi connectivity index (χ1) is 51.4. The maximum Gasteiger partial charge on any atom is 0.252 e. The average molecular weight is 1330 g/mol. The van der Waals surface area contributed by atoms with E-state index in [1.165, 1.54) is 82.9 Å². The molecular weight excluding hydrogens is 1270 g/mol. The Morgan fingerprint density at radius 2 is 0.712 bits per heavy atom. The molecular formula is C95H58B2N4O3. The highest BCUT2D eigenvalue weighted by Gasteiger charge is 2.46. The Balaban J connectivity index is 0.676. The quantitative estimate of drug-likeness (QED) is 0.159. The van der Waals surface area contributed by atoms with E-state index in [0.29, 0.717) is 0 Å². The molecule has 0 amide bonds. The Morgan fingerprint density at radius 3 is 1.35 bits per heavy atom. The second kappa shape index (κ2) is 20.5. The standard InChI is InChI=1S/C95H58B2N4O3/c1-95(2)70-27-9-7-24-62(70)63-45-42-59(53-71(63)95)100-78-34-16-12-30-74(78)96-72-28-10-14-32-76(72)98(80-36-19-37-81(100)92(80)96)58-44-48-87-69(52-58)91-65-26-6-5-23-61(65)66(54-89(91)103-87)56-49-67-64-25-8-18-40-85(64)104-94(67)84(50-56)101-79-35-17-13-31-75(79)97-73-29-11-15-33-77(73)99(82-38-20-39-83(101)93(82)97)57-43-47-86-68(51-57)90-60-22-4-3-21-55(60)41-46-88(90)102-86/h3-54H,1-2H3. The highest BCUT2D eigenvalue weighted by Crippen LogP contribution is 2.55. The molecule has 1 aliphatic carbocycles. The number of hydrogen-bond acceptors (Lipinski definition) is 7. The molecule has 19 aromatic rings. The van der Waals surface area contributed by atoms with Crippen LogP contribution in [-0.2, 0) is 5.41 Å². The van der Waals surface area contributed by atoms with Crippen LogP contribution in [0.4, 0.5) is 68.2 Å². The van der Waals surface area contributed by atoms with Gasteiger partial charge in [-0.25, -0.2) is 0 Å². The third-order valence-corrected chi connectivity index (χ3v) is 23.8. The molecule has 24 rings (SSSR count). The predicted octanol–water partition coefficient (Wildman–Crippen LogP) is 21.8. The summed E-state index contributed by atoms with van der Waals surface area (Å²) in [5.74, 6) is 0. The van der Waals surface area contributed by atoms with Gasteiger partial charge in [0.25, 0.3) is 13.4 Å². The van der Waals surface area contributed by atoms with Gasteiger partial charge in [-0.1, -0.05) is 202 Å². The van der Waals surface area contributed by atoms with E-state index in [2.05, 4.69) is 349 Å². The number of hydrogen-bond donors (Lipinski definition) is 0. The largest absolute Gasteiger partial charge is 0.456 e. The summed E-state index contributed by atoms with van der Waals surface area (Å²) in [5.41, 5.74) is 33.4. The van der Waals surface area contributed by atoms with Crippen molar-refractivity contribution < 1.29 is 13.3 Å². The normalized spacial score (nSPS) is 14.2. The zero-order valence-corrected chi connectivity index (χ0v) is 56.7. The molecule has 9 heteroatoms. The van der Waals surface area contributed by atoms with Gasteiger partial charge in [-0.2, -0.15) is 0 Å². The number of anilines is 12. The van der Waals surface area contributed by atoms with E-state index in [1.807, 2.05) is 0 Å². The first-order valence-corrected chi connectivity index (χ1v) is 36.1. The zero-order chi connectivity index (χ0) is 67.9. The van der Waals surface area contributed by atoms with Crippen LogP contribution in [-0.4, -0.2) is 13.4 Å². The van der Waals surface area contributed by atoms with Gasteiger partial charge in [0.05, 0.1) is 5.69 Å². The Morgan fingerprint density at radius 1 is 0.260 bits per heavy atom. The van der Waals surface area contributed by atoms with Crippen molar-refractivity contribution in [2.75, 3.05) is 19.6 Å². The predicted molar refractivity (Wildman–Crippen MR) is 434 cm³/mol. The first-order valence-electron chi connectivity index (χ1n) is 36.1. The van der Waals surface area contributed by atoms with Crippen molar-refractivity contribution in [2.24, 2.45) is 0 Å². The number of furan rings is 3. The smallest absolute Gasteiger partial charge is 0.252 e. The summed E-state index contributed by atoms with van der Waals surface area (Å²) in [5, 5.41) is 11.1. The van der Waals surface area contributed by atoms with E-state index >= 15 is 0 Å². The molecule has 482 valence electrons. The third kappa shape index (κ3) is 7.46. The van der Waals surface area contributed by atoms with E-state index in [9.17, 15) is 0 Å². The summed E-state index contributed by atoms with van der Waals surface area (Å²) in [6.07, 6.45) is 0. The van der Waals surface area contributed by atoms with Crippen LogP contribution in [0, 0.1) is 0 Å². The van der Waals surface area contributed by atoms with Crippen LogP contribution in [0.3, 0.4) is 0 Å². The fourth-order valence-electron chi connectivity index (χ4n) is 19.4. The van der Waals surface area contributed by atoms with E-state index in [1.54, 1.807) is 0 Å². The van der Waals surface area contributed by atoms with Gasteiger partial charge in [-0.05, 0) is 215 Å². The van der Waals surface area contributed by atoms with Crippen LogP contribution in [0.2, 0.25) is 0 Å². The third-order valence-electron chi connectivity index (χ3n) is 23.8. The summed E-state index contributed by atoms with van der Waals surface area (Å²) < 4.78 is 21.1. The van der Waals surface area contributed by atoms with Crippen LogP contribution in [0.1, 0.15) is 25.0 Å². The molecule has 0 unspecified atom stereocenters. The molecule has 0 N–H and O–H groups in total. The summed E-state index contributed by atoms with van der Waals surface area (Å²) in [6, 6.07) is 117. The fourth-order valence-corrected chi connectivity index (χ4v) is 19.4. The lowest BCUT2D eigenvalue weighted by atomic mass is 9.33. The van der Waals surface area contributed by atoms with Crippen molar-refractivity contribution in [1.29, 1.82) is 0 Å². The summed E-state index contributed by atoms with van der Waals surface area (Å²) in [4.78, 5) is 9.99. The summed E-state index contributed by atoms with van der Waals surface area (Å²) in [7, 11) is 0. The fraction of sp³-hybridized carbons (Fsp3) is 0.0316.